The molecule has 0 aliphatic heterocycles. The van der Waals surface area contributed by atoms with E-state index in [1.54, 1.807) is 0 Å². The zero-order valence-electron chi connectivity index (χ0n) is 16.2. The SMILES string of the molecule is NCCNCCCCCCCCCCCCCCCCCC[SiH3]. The van der Waals surface area contributed by atoms with Crippen LogP contribution in [0.1, 0.15) is 103 Å². The highest BCUT2D eigenvalue weighted by molar-refractivity contribution is 6.08. The van der Waals surface area contributed by atoms with Crippen LogP contribution in [0.2, 0.25) is 6.04 Å². The van der Waals surface area contributed by atoms with Gasteiger partial charge in [0.25, 0.3) is 0 Å². The highest BCUT2D eigenvalue weighted by Crippen LogP contribution is 2.13. The van der Waals surface area contributed by atoms with Gasteiger partial charge in [0.2, 0.25) is 0 Å². The fourth-order valence-corrected chi connectivity index (χ4v) is 3.70. The summed E-state index contributed by atoms with van der Waals surface area (Å²) in [5.74, 6) is 0. The molecule has 3 heteroatoms. The molecule has 0 spiro atoms. The van der Waals surface area contributed by atoms with Crippen molar-refractivity contribution in [3.63, 3.8) is 0 Å². The van der Waals surface area contributed by atoms with Crippen LogP contribution < -0.4 is 11.1 Å². The summed E-state index contributed by atoms with van der Waals surface area (Å²) < 4.78 is 0. The average molecular weight is 343 g/mol. The molecule has 140 valence electrons. The Hall–Kier alpha value is 0.137. The molecule has 0 heterocycles. The Balaban J connectivity index is 2.92. The molecule has 0 amide bonds. The maximum absolute atomic E-state index is 5.44. The van der Waals surface area contributed by atoms with Gasteiger partial charge in [-0.1, -0.05) is 102 Å². The first-order chi connectivity index (χ1) is 11.4. The van der Waals surface area contributed by atoms with Gasteiger partial charge in [0, 0.05) is 23.3 Å². The van der Waals surface area contributed by atoms with E-state index in [0.29, 0.717) is 0 Å². The van der Waals surface area contributed by atoms with Crippen molar-refractivity contribution >= 4 is 10.2 Å². The Bertz CT molecular complexity index is 180. The lowest BCUT2D eigenvalue weighted by Gasteiger charge is -2.04. The van der Waals surface area contributed by atoms with Crippen LogP contribution in [0.15, 0.2) is 0 Å². The molecule has 0 bridgehead atoms. The van der Waals surface area contributed by atoms with E-state index < -0.39 is 0 Å². The van der Waals surface area contributed by atoms with Crippen LogP contribution in [0, 0.1) is 0 Å². The van der Waals surface area contributed by atoms with E-state index in [0.717, 1.165) is 19.6 Å². The zero-order chi connectivity index (χ0) is 16.8. The maximum atomic E-state index is 5.44. The Morgan fingerprint density at radius 2 is 0.826 bits per heavy atom. The second-order valence-corrected chi connectivity index (χ2v) is 8.20. The van der Waals surface area contributed by atoms with Gasteiger partial charge in [-0.3, -0.25) is 0 Å². The Kier molecular flexibility index (Phi) is 22.3. The Morgan fingerprint density at radius 1 is 0.478 bits per heavy atom. The minimum Gasteiger partial charge on any atom is -0.329 e. The van der Waals surface area contributed by atoms with Crippen molar-refractivity contribution in [2.45, 2.75) is 109 Å². The molecule has 23 heavy (non-hydrogen) atoms. The van der Waals surface area contributed by atoms with Gasteiger partial charge in [0.1, 0.15) is 0 Å². The van der Waals surface area contributed by atoms with Gasteiger partial charge in [-0.25, -0.2) is 0 Å². The van der Waals surface area contributed by atoms with Crippen LogP contribution in [0.5, 0.6) is 0 Å². The molecule has 0 aliphatic carbocycles. The number of nitrogens with one attached hydrogen (secondary N) is 1. The highest BCUT2D eigenvalue weighted by Gasteiger charge is 1.94. The van der Waals surface area contributed by atoms with Gasteiger partial charge in [-0.2, -0.15) is 0 Å². The van der Waals surface area contributed by atoms with Gasteiger partial charge in [-0.15, -0.1) is 0 Å². The van der Waals surface area contributed by atoms with Crippen LogP contribution >= 0.6 is 0 Å². The van der Waals surface area contributed by atoms with Crippen LogP contribution in [0.25, 0.3) is 0 Å². The number of unbranched alkanes of at least 4 members (excludes halogenated alkanes) is 15. The maximum Gasteiger partial charge on any atom is 0.00745 e. The van der Waals surface area contributed by atoms with E-state index in [4.69, 9.17) is 5.73 Å². The fraction of sp³-hybridized carbons (Fsp3) is 1.00. The molecule has 0 unspecified atom stereocenters. The van der Waals surface area contributed by atoms with Crippen molar-refractivity contribution in [2.75, 3.05) is 19.6 Å². The van der Waals surface area contributed by atoms with Gasteiger partial charge >= 0.3 is 0 Å². The average Bonchev–Trinajstić information content (AvgIpc) is 2.57. The van der Waals surface area contributed by atoms with Crippen LogP contribution in [0.4, 0.5) is 0 Å². The molecule has 0 aromatic heterocycles. The second-order valence-electron chi connectivity index (χ2n) is 7.20. The minimum absolute atomic E-state index is 0.764. The molecule has 0 saturated heterocycles. The molecule has 0 aromatic carbocycles. The Labute approximate surface area is 150 Å². The van der Waals surface area contributed by atoms with Gasteiger partial charge < -0.3 is 11.1 Å². The fourth-order valence-electron chi connectivity index (χ4n) is 3.20. The van der Waals surface area contributed by atoms with Crippen molar-refractivity contribution in [3.8, 4) is 0 Å². The first-order valence-corrected chi connectivity index (χ1v) is 12.2. The summed E-state index contributed by atoms with van der Waals surface area (Å²) in [5.41, 5.74) is 5.44. The molecule has 0 rings (SSSR count). The lowest BCUT2D eigenvalue weighted by Crippen LogP contribution is -2.23. The van der Waals surface area contributed by atoms with Gasteiger partial charge in [-0.05, 0) is 13.0 Å². The number of hydrogen-bond donors (Lipinski definition) is 2. The van der Waals surface area contributed by atoms with E-state index in [9.17, 15) is 0 Å². The normalized spacial score (nSPS) is 11.3. The molecule has 0 radical (unpaired) electrons. The van der Waals surface area contributed by atoms with E-state index in [1.165, 1.54) is 119 Å². The summed E-state index contributed by atoms with van der Waals surface area (Å²) >= 11 is 0. The summed E-state index contributed by atoms with van der Waals surface area (Å²) in [6.45, 7) is 2.89. The lowest BCUT2D eigenvalue weighted by atomic mass is 10.0. The molecule has 3 N–H and O–H groups in total. The summed E-state index contributed by atoms with van der Waals surface area (Å²) in [4.78, 5) is 0. The van der Waals surface area contributed by atoms with E-state index >= 15 is 0 Å². The summed E-state index contributed by atoms with van der Waals surface area (Å²) in [6.07, 6.45) is 23.3. The van der Waals surface area contributed by atoms with Crippen LogP contribution in [0.3, 0.4) is 0 Å². The van der Waals surface area contributed by atoms with Crippen molar-refractivity contribution in [1.82, 2.24) is 5.32 Å². The first kappa shape index (κ1) is 23.1. The van der Waals surface area contributed by atoms with Crippen molar-refractivity contribution in [1.29, 1.82) is 0 Å². The molecule has 0 aliphatic rings. The van der Waals surface area contributed by atoms with Crippen LogP contribution in [-0.4, -0.2) is 29.9 Å². The second kappa shape index (κ2) is 22.1. The van der Waals surface area contributed by atoms with E-state index in [-0.39, 0.29) is 0 Å². The third-order valence-corrected chi connectivity index (χ3v) is 5.49. The first-order valence-electron chi connectivity index (χ1n) is 10.8. The quantitative estimate of drug-likeness (QED) is 0.251. The molecule has 2 nitrogen and oxygen atoms in total. The highest BCUT2D eigenvalue weighted by atomic mass is 28.1. The van der Waals surface area contributed by atoms with Crippen LogP contribution in [-0.2, 0) is 0 Å². The Morgan fingerprint density at radius 3 is 1.17 bits per heavy atom. The predicted molar refractivity (Wildman–Crippen MR) is 111 cm³/mol. The molecular formula is C20H46N2Si. The third kappa shape index (κ3) is 22.1. The summed E-state index contributed by atoms with van der Waals surface area (Å²) in [7, 11) is 1.40. The number of nitrogens with two attached hydrogens (primary N) is 1. The number of rotatable bonds is 20. The predicted octanol–water partition coefficient (Wildman–Crippen LogP) is 4.56. The topological polar surface area (TPSA) is 38.0 Å². The van der Waals surface area contributed by atoms with E-state index in [2.05, 4.69) is 5.32 Å². The standard InChI is InChI=1S/C20H46N2Si/c21-17-19-22-18-15-13-11-9-7-5-3-1-2-4-6-8-10-12-14-16-20-23/h22H,1-21H2,23H3. The van der Waals surface area contributed by atoms with Crippen molar-refractivity contribution < 1.29 is 0 Å². The monoisotopic (exact) mass is 342 g/mol. The third-order valence-electron chi connectivity index (χ3n) is 4.78. The molecule has 0 fully saturated rings. The van der Waals surface area contributed by atoms with Crippen molar-refractivity contribution in [2.24, 2.45) is 5.73 Å². The molecule has 0 saturated carbocycles. The lowest BCUT2D eigenvalue weighted by molar-refractivity contribution is 0.526. The smallest absolute Gasteiger partial charge is 0.00745 e. The minimum atomic E-state index is 0.764. The van der Waals surface area contributed by atoms with Gasteiger partial charge in [0.15, 0.2) is 0 Å². The van der Waals surface area contributed by atoms with Crippen molar-refractivity contribution in [3.05, 3.63) is 0 Å². The molecule has 0 atom stereocenters. The van der Waals surface area contributed by atoms with Gasteiger partial charge in [0.05, 0.1) is 0 Å². The molecule has 0 aromatic rings. The number of hydrogen-bond acceptors (Lipinski definition) is 2. The summed E-state index contributed by atoms with van der Waals surface area (Å²) in [6, 6.07) is 1.51. The largest absolute Gasteiger partial charge is 0.329 e. The van der Waals surface area contributed by atoms with E-state index in [1.807, 2.05) is 0 Å². The molecular weight excluding hydrogens is 296 g/mol. The zero-order valence-corrected chi connectivity index (χ0v) is 18.2. The summed E-state index contributed by atoms with van der Waals surface area (Å²) in [5, 5.41) is 3.36.